The first kappa shape index (κ1) is 13.4. The van der Waals surface area contributed by atoms with Gasteiger partial charge in [-0.25, -0.2) is 15.1 Å². The van der Waals surface area contributed by atoms with Gasteiger partial charge < -0.3 is 5.73 Å². The lowest BCUT2D eigenvalue weighted by atomic mass is 10.0. The second kappa shape index (κ2) is 5.45. The van der Waals surface area contributed by atoms with Crippen molar-refractivity contribution in [1.82, 2.24) is 20.2 Å². The van der Waals surface area contributed by atoms with Crippen molar-refractivity contribution in [2.75, 3.05) is 5.73 Å². The average Bonchev–Trinajstić information content (AvgIpc) is 2.49. The Morgan fingerprint density at radius 3 is 2.52 bits per heavy atom. The van der Waals surface area contributed by atoms with Gasteiger partial charge in [0, 0.05) is 27.9 Å². The predicted molar refractivity (Wildman–Crippen MR) is 83.4 cm³/mol. The van der Waals surface area contributed by atoms with Gasteiger partial charge in [0.15, 0.2) is 0 Å². The SMILES string of the molecule is Nc1ncc(-c2ccc(=O)[nH]n2)c(-c2ccc(Br)cc2)n1. The van der Waals surface area contributed by atoms with Crippen LogP contribution in [0.25, 0.3) is 22.5 Å². The summed E-state index contributed by atoms with van der Waals surface area (Å²) in [4.78, 5) is 19.4. The van der Waals surface area contributed by atoms with Gasteiger partial charge in [-0.3, -0.25) is 4.79 Å². The third-order valence-electron chi connectivity index (χ3n) is 2.88. The zero-order chi connectivity index (χ0) is 14.8. The van der Waals surface area contributed by atoms with Crippen molar-refractivity contribution in [2.45, 2.75) is 0 Å². The summed E-state index contributed by atoms with van der Waals surface area (Å²) in [5.74, 6) is 0.182. The van der Waals surface area contributed by atoms with E-state index in [-0.39, 0.29) is 11.5 Å². The van der Waals surface area contributed by atoms with Crippen molar-refractivity contribution in [3.63, 3.8) is 0 Å². The van der Waals surface area contributed by atoms with E-state index in [0.717, 1.165) is 10.0 Å². The van der Waals surface area contributed by atoms with Crippen molar-refractivity contribution in [1.29, 1.82) is 0 Å². The van der Waals surface area contributed by atoms with Crippen molar-refractivity contribution in [3.05, 3.63) is 57.4 Å². The van der Waals surface area contributed by atoms with Crippen LogP contribution in [0.3, 0.4) is 0 Å². The van der Waals surface area contributed by atoms with E-state index in [9.17, 15) is 4.79 Å². The molecule has 3 rings (SSSR count). The summed E-state index contributed by atoms with van der Waals surface area (Å²) in [5.41, 5.74) is 8.24. The summed E-state index contributed by atoms with van der Waals surface area (Å²) in [6.45, 7) is 0. The first-order chi connectivity index (χ1) is 10.1. The van der Waals surface area contributed by atoms with Gasteiger partial charge in [-0.05, 0) is 18.2 Å². The van der Waals surface area contributed by atoms with E-state index in [1.807, 2.05) is 24.3 Å². The molecule has 3 N–H and O–H groups in total. The van der Waals surface area contributed by atoms with E-state index in [1.165, 1.54) is 6.07 Å². The number of aromatic nitrogens is 4. The lowest BCUT2D eigenvalue weighted by Gasteiger charge is -2.08. The smallest absolute Gasteiger partial charge is 0.264 e. The molecule has 0 spiro atoms. The van der Waals surface area contributed by atoms with E-state index < -0.39 is 0 Å². The lowest BCUT2D eigenvalue weighted by molar-refractivity contribution is 0.992. The van der Waals surface area contributed by atoms with Gasteiger partial charge in [0.2, 0.25) is 5.95 Å². The topological polar surface area (TPSA) is 97.5 Å². The van der Waals surface area contributed by atoms with E-state index in [4.69, 9.17) is 5.73 Å². The quantitative estimate of drug-likeness (QED) is 0.743. The Kier molecular flexibility index (Phi) is 3.49. The summed E-state index contributed by atoms with van der Waals surface area (Å²) in [6.07, 6.45) is 1.60. The van der Waals surface area contributed by atoms with Crippen molar-refractivity contribution in [3.8, 4) is 22.5 Å². The zero-order valence-electron chi connectivity index (χ0n) is 10.7. The van der Waals surface area contributed by atoms with Crippen LogP contribution in [0.15, 0.2) is 51.9 Å². The maximum absolute atomic E-state index is 11.1. The van der Waals surface area contributed by atoms with Gasteiger partial charge in [-0.1, -0.05) is 28.1 Å². The Bertz CT molecular complexity index is 824. The maximum Gasteiger partial charge on any atom is 0.264 e. The molecule has 6 nitrogen and oxygen atoms in total. The molecular weight excluding hydrogens is 334 g/mol. The Hall–Kier alpha value is -2.54. The molecular formula is C14H10BrN5O. The minimum absolute atomic E-state index is 0.182. The molecule has 0 unspecified atom stereocenters. The fourth-order valence-electron chi connectivity index (χ4n) is 1.91. The van der Waals surface area contributed by atoms with Crippen molar-refractivity contribution in [2.24, 2.45) is 0 Å². The van der Waals surface area contributed by atoms with Crippen molar-refractivity contribution >= 4 is 21.9 Å². The van der Waals surface area contributed by atoms with Crippen LogP contribution in [0.1, 0.15) is 0 Å². The summed E-state index contributed by atoms with van der Waals surface area (Å²) in [5, 5.41) is 6.42. The molecule has 2 aromatic heterocycles. The van der Waals surface area contributed by atoms with Gasteiger partial charge in [0.25, 0.3) is 5.56 Å². The highest BCUT2D eigenvalue weighted by Gasteiger charge is 2.12. The minimum atomic E-state index is -0.264. The highest BCUT2D eigenvalue weighted by atomic mass is 79.9. The molecule has 0 atom stereocenters. The standard InChI is InChI=1S/C14H10BrN5O/c15-9-3-1-8(2-4-9)13-10(7-17-14(16)18-13)11-5-6-12(21)20-19-11/h1-7H,(H,20,21)(H2,16,17,18). The lowest BCUT2D eigenvalue weighted by Crippen LogP contribution is -2.07. The van der Waals surface area contributed by atoms with Crippen molar-refractivity contribution < 1.29 is 0 Å². The van der Waals surface area contributed by atoms with Crippen LogP contribution in [0.4, 0.5) is 5.95 Å². The Morgan fingerprint density at radius 1 is 1.10 bits per heavy atom. The maximum atomic E-state index is 11.1. The number of hydrogen-bond donors (Lipinski definition) is 2. The first-order valence-electron chi connectivity index (χ1n) is 6.08. The molecule has 0 radical (unpaired) electrons. The normalized spacial score (nSPS) is 10.5. The van der Waals surface area contributed by atoms with Crippen LogP contribution >= 0.6 is 15.9 Å². The van der Waals surface area contributed by atoms with E-state index >= 15 is 0 Å². The van der Waals surface area contributed by atoms with Crippen LogP contribution in [-0.2, 0) is 0 Å². The van der Waals surface area contributed by atoms with Gasteiger partial charge in [0.1, 0.15) is 0 Å². The fraction of sp³-hybridized carbons (Fsp3) is 0. The third-order valence-corrected chi connectivity index (χ3v) is 3.41. The first-order valence-corrected chi connectivity index (χ1v) is 6.87. The molecule has 0 amide bonds. The summed E-state index contributed by atoms with van der Waals surface area (Å²) >= 11 is 3.39. The molecule has 0 saturated carbocycles. The summed E-state index contributed by atoms with van der Waals surface area (Å²) in [7, 11) is 0. The van der Waals surface area contributed by atoms with Gasteiger partial charge in [-0.2, -0.15) is 5.10 Å². The summed E-state index contributed by atoms with van der Waals surface area (Å²) < 4.78 is 0.969. The van der Waals surface area contributed by atoms with Crippen LogP contribution < -0.4 is 11.3 Å². The molecule has 0 bridgehead atoms. The number of rotatable bonds is 2. The van der Waals surface area contributed by atoms with Crippen LogP contribution in [0.2, 0.25) is 0 Å². The number of benzene rings is 1. The Labute approximate surface area is 128 Å². The zero-order valence-corrected chi connectivity index (χ0v) is 12.3. The predicted octanol–water partition coefficient (Wildman–Crippen LogP) is 2.24. The highest BCUT2D eigenvalue weighted by Crippen LogP contribution is 2.29. The number of nitrogens with two attached hydrogens (primary N) is 1. The van der Waals surface area contributed by atoms with E-state index in [1.54, 1.807) is 12.3 Å². The van der Waals surface area contributed by atoms with E-state index in [0.29, 0.717) is 17.0 Å². The number of nitrogens with zero attached hydrogens (tertiary/aromatic N) is 3. The minimum Gasteiger partial charge on any atom is -0.368 e. The molecule has 0 saturated heterocycles. The molecule has 3 aromatic rings. The molecule has 7 heteroatoms. The molecule has 104 valence electrons. The number of hydrogen-bond acceptors (Lipinski definition) is 5. The molecule has 1 aromatic carbocycles. The number of nitrogens with one attached hydrogen (secondary N) is 1. The molecule has 0 aliphatic carbocycles. The number of aromatic amines is 1. The number of nitrogen functional groups attached to an aromatic ring is 1. The third kappa shape index (κ3) is 2.82. The highest BCUT2D eigenvalue weighted by molar-refractivity contribution is 9.10. The number of halogens is 1. The summed E-state index contributed by atoms with van der Waals surface area (Å²) in [6, 6.07) is 10.7. The molecule has 0 fully saturated rings. The average molecular weight is 344 g/mol. The second-order valence-electron chi connectivity index (χ2n) is 4.30. The van der Waals surface area contributed by atoms with Gasteiger partial charge in [0.05, 0.1) is 11.4 Å². The van der Waals surface area contributed by atoms with Crippen LogP contribution in [0, 0.1) is 0 Å². The van der Waals surface area contributed by atoms with Gasteiger partial charge in [-0.15, -0.1) is 0 Å². The second-order valence-corrected chi connectivity index (χ2v) is 5.22. The Balaban J connectivity index is 2.19. The van der Waals surface area contributed by atoms with Gasteiger partial charge >= 0.3 is 0 Å². The molecule has 0 aliphatic heterocycles. The van der Waals surface area contributed by atoms with E-state index in [2.05, 4.69) is 36.1 Å². The molecule has 0 aliphatic rings. The number of anilines is 1. The molecule has 2 heterocycles. The Morgan fingerprint density at radius 2 is 1.86 bits per heavy atom. The molecule has 21 heavy (non-hydrogen) atoms. The largest absolute Gasteiger partial charge is 0.368 e. The number of H-pyrrole nitrogens is 1. The van der Waals surface area contributed by atoms with Crippen LogP contribution in [0.5, 0.6) is 0 Å². The monoisotopic (exact) mass is 343 g/mol. The fourth-order valence-corrected chi connectivity index (χ4v) is 2.17. The van der Waals surface area contributed by atoms with Crippen LogP contribution in [-0.4, -0.2) is 20.2 Å².